The zero-order valence-corrected chi connectivity index (χ0v) is 10.9. The first kappa shape index (κ1) is 14.5. The highest BCUT2D eigenvalue weighted by molar-refractivity contribution is 5.77. The van der Waals surface area contributed by atoms with Crippen molar-refractivity contribution in [1.82, 2.24) is 4.90 Å². The van der Waals surface area contributed by atoms with Crippen LogP contribution in [0.2, 0.25) is 0 Å². The summed E-state index contributed by atoms with van der Waals surface area (Å²) in [7, 11) is 0. The topological polar surface area (TPSA) is 66.6 Å². The summed E-state index contributed by atoms with van der Waals surface area (Å²) in [5.74, 6) is 0.111. The smallest absolute Gasteiger partial charge is 0.224 e. The molecule has 100 valence electrons. The van der Waals surface area contributed by atoms with E-state index in [1.165, 1.54) is 19.3 Å². The molecule has 1 aliphatic rings. The molecule has 1 aliphatic carbocycles. The summed E-state index contributed by atoms with van der Waals surface area (Å²) in [5.41, 5.74) is 5.83. The molecule has 0 heterocycles. The van der Waals surface area contributed by atoms with Crippen molar-refractivity contribution in [2.75, 3.05) is 13.2 Å². The van der Waals surface area contributed by atoms with E-state index >= 15 is 0 Å². The van der Waals surface area contributed by atoms with Crippen LogP contribution in [0.5, 0.6) is 0 Å². The predicted molar refractivity (Wildman–Crippen MR) is 68.6 cm³/mol. The summed E-state index contributed by atoms with van der Waals surface area (Å²) in [6.07, 6.45) is 7.04. The molecule has 0 radical (unpaired) electrons. The maximum Gasteiger partial charge on any atom is 0.224 e. The summed E-state index contributed by atoms with van der Waals surface area (Å²) in [5, 5.41) is 9.08. The first-order valence-corrected chi connectivity index (χ1v) is 6.85. The van der Waals surface area contributed by atoms with Gasteiger partial charge in [0.15, 0.2) is 0 Å². The van der Waals surface area contributed by atoms with E-state index in [2.05, 4.69) is 0 Å². The van der Waals surface area contributed by atoms with Gasteiger partial charge in [0.1, 0.15) is 0 Å². The molecule has 0 aromatic rings. The van der Waals surface area contributed by atoms with Crippen LogP contribution in [0.1, 0.15) is 51.9 Å². The Balaban J connectivity index is 2.53. The van der Waals surface area contributed by atoms with Gasteiger partial charge in [0.2, 0.25) is 5.91 Å². The summed E-state index contributed by atoms with van der Waals surface area (Å²) in [4.78, 5) is 14.0. The Kier molecular flexibility index (Phi) is 6.52. The molecule has 4 heteroatoms. The number of hydrogen-bond acceptors (Lipinski definition) is 3. The SMILES string of the molecule is CCC(N)CC(=O)N(CCO)C1CCCCC1. The van der Waals surface area contributed by atoms with E-state index < -0.39 is 0 Å². The van der Waals surface area contributed by atoms with Gasteiger partial charge >= 0.3 is 0 Å². The van der Waals surface area contributed by atoms with Gasteiger partial charge in [0.25, 0.3) is 0 Å². The summed E-state index contributed by atoms with van der Waals surface area (Å²) in [6, 6.07) is 0.278. The minimum atomic E-state index is -0.0488. The van der Waals surface area contributed by atoms with Gasteiger partial charge in [-0.25, -0.2) is 0 Å². The Morgan fingerprint density at radius 3 is 2.59 bits per heavy atom. The van der Waals surface area contributed by atoms with E-state index in [0.717, 1.165) is 19.3 Å². The summed E-state index contributed by atoms with van der Waals surface area (Å²) >= 11 is 0. The second-order valence-corrected chi connectivity index (χ2v) is 4.98. The van der Waals surface area contributed by atoms with Gasteiger partial charge in [0.05, 0.1) is 6.61 Å². The molecule has 0 saturated heterocycles. The average molecular weight is 242 g/mol. The molecule has 0 aromatic carbocycles. The zero-order valence-electron chi connectivity index (χ0n) is 10.9. The molecule has 0 aliphatic heterocycles. The fraction of sp³-hybridized carbons (Fsp3) is 0.923. The molecule has 1 fully saturated rings. The van der Waals surface area contributed by atoms with E-state index in [0.29, 0.717) is 19.0 Å². The third kappa shape index (κ3) is 4.64. The molecule has 1 amide bonds. The number of aliphatic hydroxyl groups excluding tert-OH is 1. The average Bonchev–Trinajstić information content (AvgIpc) is 2.36. The second kappa shape index (κ2) is 7.67. The van der Waals surface area contributed by atoms with Crippen LogP contribution in [-0.4, -0.2) is 41.1 Å². The first-order valence-electron chi connectivity index (χ1n) is 6.85. The molecule has 1 saturated carbocycles. The number of carbonyl (C=O) groups is 1. The molecule has 17 heavy (non-hydrogen) atoms. The Hall–Kier alpha value is -0.610. The lowest BCUT2D eigenvalue weighted by molar-refractivity contribution is -0.135. The number of rotatable bonds is 6. The molecule has 3 N–H and O–H groups in total. The van der Waals surface area contributed by atoms with Crippen LogP contribution in [0, 0.1) is 0 Å². The Morgan fingerprint density at radius 1 is 1.41 bits per heavy atom. The van der Waals surface area contributed by atoms with Crippen molar-refractivity contribution < 1.29 is 9.90 Å². The largest absolute Gasteiger partial charge is 0.395 e. The van der Waals surface area contributed by atoms with E-state index in [1.807, 2.05) is 11.8 Å². The predicted octanol–water partition coefficient (Wildman–Crippen LogP) is 1.27. The fourth-order valence-corrected chi connectivity index (χ4v) is 2.50. The number of carbonyl (C=O) groups excluding carboxylic acids is 1. The zero-order chi connectivity index (χ0) is 12.7. The standard InChI is InChI=1S/C13H26N2O2/c1-2-11(14)10-13(17)15(8-9-16)12-6-4-3-5-7-12/h11-12,16H,2-10,14H2,1H3. The van der Waals surface area contributed by atoms with Gasteiger partial charge < -0.3 is 15.7 Å². The quantitative estimate of drug-likeness (QED) is 0.737. The molecule has 4 nitrogen and oxygen atoms in total. The lowest BCUT2D eigenvalue weighted by Gasteiger charge is -2.34. The maximum atomic E-state index is 12.1. The van der Waals surface area contributed by atoms with Gasteiger partial charge in [-0.3, -0.25) is 4.79 Å². The highest BCUT2D eigenvalue weighted by atomic mass is 16.3. The van der Waals surface area contributed by atoms with Gasteiger partial charge in [-0.2, -0.15) is 0 Å². The number of hydrogen-bond donors (Lipinski definition) is 2. The van der Waals surface area contributed by atoms with E-state index in [-0.39, 0.29) is 18.6 Å². The monoisotopic (exact) mass is 242 g/mol. The number of nitrogens with zero attached hydrogens (tertiary/aromatic N) is 1. The molecule has 1 unspecified atom stereocenters. The number of amides is 1. The molecular formula is C13H26N2O2. The van der Waals surface area contributed by atoms with Gasteiger partial charge in [-0.15, -0.1) is 0 Å². The van der Waals surface area contributed by atoms with Gasteiger partial charge in [-0.1, -0.05) is 26.2 Å². The van der Waals surface area contributed by atoms with Crippen LogP contribution in [0.4, 0.5) is 0 Å². The van der Waals surface area contributed by atoms with Crippen molar-refractivity contribution in [2.45, 2.75) is 64.0 Å². The molecule has 0 spiro atoms. The Bertz CT molecular complexity index is 227. The first-order chi connectivity index (χ1) is 8.19. The van der Waals surface area contributed by atoms with E-state index in [1.54, 1.807) is 0 Å². The Labute approximate surface area is 104 Å². The molecular weight excluding hydrogens is 216 g/mol. The van der Waals surface area contributed by atoms with Crippen LogP contribution in [0.3, 0.4) is 0 Å². The second-order valence-electron chi connectivity index (χ2n) is 4.98. The van der Waals surface area contributed by atoms with Crippen LogP contribution in [0.25, 0.3) is 0 Å². The van der Waals surface area contributed by atoms with Crippen LogP contribution >= 0.6 is 0 Å². The van der Waals surface area contributed by atoms with Crippen LogP contribution in [-0.2, 0) is 4.79 Å². The molecule has 0 aromatic heterocycles. The van der Waals surface area contributed by atoms with E-state index in [4.69, 9.17) is 10.8 Å². The van der Waals surface area contributed by atoms with Crippen molar-refractivity contribution in [2.24, 2.45) is 5.73 Å². The van der Waals surface area contributed by atoms with Crippen molar-refractivity contribution in [1.29, 1.82) is 0 Å². The summed E-state index contributed by atoms with van der Waals surface area (Å²) < 4.78 is 0. The number of aliphatic hydroxyl groups is 1. The fourth-order valence-electron chi connectivity index (χ4n) is 2.50. The summed E-state index contributed by atoms with van der Waals surface area (Å²) in [6.45, 7) is 2.50. The third-order valence-electron chi connectivity index (χ3n) is 3.64. The van der Waals surface area contributed by atoms with Gasteiger partial charge in [0, 0.05) is 25.0 Å². The third-order valence-corrected chi connectivity index (χ3v) is 3.64. The van der Waals surface area contributed by atoms with Crippen molar-refractivity contribution in [3.63, 3.8) is 0 Å². The number of nitrogens with two attached hydrogens (primary N) is 1. The normalized spacial score (nSPS) is 19.0. The van der Waals surface area contributed by atoms with Gasteiger partial charge in [-0.05, 0) is 19.3 Å². The van der Waals surface area contributed by atoms with Crippen molar-refractivity contribution >= 4 is 5.91 Å². The molecule has 1 atom stereocenters. The van der Waals surface area contributed by atoms with Crippen molar-refractivity contribution in [3.05, 3.63) is 0 Å². The van der Waals surface area contributed by atoms with Crippen LogP contribution < -0.4 is 5.73 Å². The lowest BCUT2D eigenvalue weighted by Crippen LogP contribution is -2.45. The minimum absolute atomic E-state index is 0.0452. The van der Waals surface area contributed by atoms with Crippen LogP contribution in [0.15, 0.2) is 0 Å². The molecule has 1 rings (SSSR count). The lowest BCUT2D eigenvalue weighted by atomic mass is 9.93. The highest BCUT2D eigenvalue weighted by Crippen LogP contribution is 2.23. The Morgan fingerprint density at radius 2 is 2.06 bits per heavy atom. The highest BCUT2D eigenvalue weighted by Gasteiger charge is 2.25. The van der Waals surface area contributed by atoms with Crippen molar-refractivity contribution in [3.8, 4) is 0 Å². The minimum Gasteiger partial charge on any atom is -0.395 e. The van der Waals surface area contributed by atoms with E-state index in [9.17, 15) is 4.79 Å². The maximum absolute atomic E-state index is 12.1. The molecule has 0 bridgehead atoms.